The van der Waals surface area contributed by atoms with Crippen LogP contribution in [-0.2, 0) is 4.79 Å². The summed E-state index contributed by atoms with van der Waals surface area (Å²) < 4.78 is 1.35. The van der Waals surface area contributed by atoms with Gasteiger partial charge in [-0.05, 0) is 41.3 Å². The van der Waals surface area contributed by atoms with Gasteiger partial charge in [0.05, 0.1) is 5.92 Å². The molecule has 2 unspecified atom stereocenters. The van der Waals surface area contributed by atoms with Crippen LogP contribution >= 0.6 is 0 Å². The van der Waals surface area contributed by atoms with E-state index in [0.717, 1.165) is 25.7 Å². The highest BCUT2D eigenvalue weighted by molar-refractivity contribution is 5.70. The minimum absolute atomic E-state index is 0.146. The van der Waals surface area contributed by atoms with Crippen molar-refractivity contribution in [2.75, 3.05) is 11.9 Å². The molecule has 1 fully saturated rings. The molecule has 3 rings (SSSR count). The summed E-state index contributed by atoms with van der Waals surface area (Å²) in [5.74, 6) is -0.152. The van der Waals surface area contributed by atoms with Gasteiger partial charge in [-0.2, -0.15) is 0 Å². The first-order valence-corrected chi connectivity index (χ1v) is 6.76. The summed E-state index contributed by atoms with van der Waals surface area (Å²) in [4.78, 5) is 11.2. The number of hydrogen-bond acceptors (Lipinski definition) is 6. The monoisotopic (exact) mass is 276 g/mol. The molecule has 2 aromatic rings. The first-order valence-electron chi connectivity index (χ1n) is 6.76. The van der Waals surface area contributed by atoms with E-state index in [-0.39, 0.29) is 11.8 Å². The van der Waals surface area contributed by atoms with E-state index in [1.54, 1.807) is 12.1 Å². The second-order valence-corrected chi connectivity index (χ2v) is 5.12. The maximum absolute atomic E-state index is 11.2. The zero-order valence-corrected chi connectivity index (χ0v) is 10.9. The average Bonchev–Trinajstić information content (AvgIpc) is 2.92. The predicted octanol–water partition coefficient (Wildman–Crippen LogP) is 0.822. The quantitative estimate of drug-likeness (QED) is 0.851. The molecule has 0 aromatic carbocycles. The van der Waals surface area contributed by atoms with Gasteiger partial charge in [-0.1, -0.05) is 12.8 Å². The van der Waals surface area contributed by atoms with E-state index in [4.69, 9.17) is 0 Å². The van der Waals surface area contributed by atoms with Gasteiger partial charge in [0.1, 0.15) is 5.82 Å². The maximum Gasteiger partial charge on any atom is 0.306 e. The van der Waals surface area contributed by atoms with Crippen LogP contribution in [0.3, 0.4) is 0 Å². The third-order valence-corrected chi connectivity index (χ3v) is 3.84. The summed E-state index contributed by atoms with van der Waals surface area (Å²) >= 11 is 0. The van der Waals surface area contributed by atoms with Crippen molar-refractivity contribution in [2.24, 2.45) is 11.8 Å². The highest BCUT2D eigenvalue weighted by Crippen LogP contribution is 2.30. The fourth-order valence-electron chi connectivity index (χ4n) is 2.76. The summed E-state index contributed by atoms with van der Waals surface area (Å²) in [7, 11) is 0. The third kappa shape index (κ3) is 2.54. The van der Waals surface area contributed by atoms with Crippen molar-refractivity contribution < 1.29 is 9.90 Å². The molecule has 0 saturated heterocycles. The van der Waals surface area contributed by atoms with E-state index in [0.29, 0.717) is 18.0 Å². The third-order valence-electron chi connectivity index (χ3n) is 3.84. The Hall–Kier alpha value is -2.25. The number of rotatable bonds is 4. The zero-order chi connectivity index (χ0) is 13.9. The summed E-state index contributed by atoms with van der Waals surface area (Å²) in [6.07, 6.45) is 3.80. The van der Waals surface area contributed by atoms with Crippen LogP contribution in [-0.4, -0.2) is 42.9 Å². The molecule has 0 radical (unpaired) electrons. The lowest BCUT2D eigenvalue weighted by Gasteiger charge is -2.28. The number of hydrogen-bond donors (Lipinski definition) is 2. The van der Waals surface area contributed by atoms with Gasteiger partial charge < -0.3 is 10.4 Å². The highest BCUT2D eigenvalue weighted by atomic mass is 16.4. The van der Waals surface area contributed by atoms with Crippen LogP contribution in [0.5, 0.6) is 0 Å². The number of tetrazole rings is 1. The number of aliphatic carboxylic acids is 1. The average molecular weight is 276 g/mol. The summed E-state index contributed by atoms with van der Waals surface area (Å²) in [5.41, 5.74) is 0.580. The molecule has 0 spiro atoms. The van der Waals surface area contributed by atoms with Crippen LogP contribution in [0.25, 0.3) is 5.65 Å². The number of fused-ring (bicyclic) bond motifs is 1. The molecule has 2 heterocycles. The highest BCUT2D eigenvalue weighted by Gasteiger charge is 2.30. The van der Waals surface area contributed by atoms with E-state index in [2.05, 4.69) is 25.9 Å². The molecule has 8 nitrogen and oxygen atoms in total. The van der Waals surface area contributed by atoms with E-state index in [1.807, 2.05) is 0 Å². The van der Waals surface area contributed by atoms with Crippen molar-refractivity contribution >= 4 is 17.4 Å². The van der Waals surface area contributed by atoms with E-state index in [9.17, 15) is 9.90 Å². The Morgan fingerprint density at radius 2 is 2.25 bits per heavy atom. The van der Waals surface area contributed by atoms with Crippen LogP contribution in [0.4, 0.5) is 5.82 Å². The number of carboxylic acid groups (broad SMARTS) is 1. The van der Waals surface area contributed by atoms with Crippen molar-refractivity contribution in [1.82, 2.24) is 25.3 Å². The number of aromatic nitrogens is 5. The lowest BCUT2D eigenvalue weighted by molar-refractivity contribution is -0.144. The second-order valence-electron chi connectivity index (χ2n) is 5.12. The molecule has 20 heavy (non-hydrogen) atoms. The summed E-state index contributed by atoms with van der Waals surface area (Å²) in [5, 5.41) is 27.7. The second kappa shape index (κ2) is 5.40. The first kappa shape index (κ1) is 12.8. The SMILES string of the molecule is O=C(O)C1CCCCC1CNc1ccc2nnnn2n1. The molecule has 2 aromatic heterocycles. The zero-order valence-electron chi connectivity index (χ0n) is 10.9. The Bertz CT molecular complexity index is 613. The molecule has 106 valence electrons. The fourth-order valence-corrected chi connectivity index (χ4v) is 2.76. The smallest absolute Gasteiger partial charge is 0.306 e. The van der Waals surface area contributed by atoms with Crippen molar-refractivity contribution in [3.8, 4) is 0 Å². The molecule has 1 saturated carbocycles. The Balaban J connectivity index is 1.66. The van der Waals surface area contributed by atoms with Gasteiger partial charge in [-0.3, -0.25) is 4.79 Å². The largest absolute Gasteiger partial charge is 0.481 e. The summed E-state index contributed by atoms with van der Waals surface area (Å²) in [6.45, 7) is 0.609. The van der Waals surface area contributed by atoms with Gasteiger partial charge in [0, 0.05) is 6.54 Å². The van der Waals surface area contributed by atoms with Gasteiger partial charge in [0.2, 0.25) is 0 Å². The van der Waals surface area contributed by atoms with Gasteiger partial charge in [-0.25, -0.2) is 0 Å². The Morgan fingerprint density at radius 3 is 3.10 bits per heavy atom. The normalized spacial score (nSPS) is 22.8. The minimum atomic E-state index is -0.694. The van der Waals surface area contributed by atoms with E-state index >= 15 is 0 Å². The van der Waals surface area contributed by atoms with Crippen LogP contribution in [0, 0.1) is 11.8 Å². The van der Waals surface area contributed by atoms with Gasteiger partial charge in [0.25, 0.3) is 0 Å². The van der Waals surface area contributed by atoms with Gasteiger partial charge in [0.15, 0.2) is 5.65 Å². The number of carboxylic acids is 1. The topological polar surface area (TPSA) is 105 Å². The molecule has 0 aliphatic heterocycles. The molecular formula is C12H16N6O2. The van der Waals surface area contributed by atoms with Crippen molar-refractivity contribution in [2.45, 2.75) is 25.7 Å². The van der Waals surface area contributed by atoms with Crippen LogP contribution in [0.15, 0.2) is 12.1 Å². The lowest BCUT2D eigenvalue weighted by atomic mass is 9.79. The lowest BCUT2D eigenvalue weighted by Crippen LogP contribution is -2.32. The Morgan fingerprint density at radius 1 is 1.40 bits per heavy atom. The number of carbonyl (C=O) groups is 1. The van der Waals surface area contributed by atoms with Crippen LogP contribution in [0.2, 0.25) is 0 Å². The maximum atomic E-state index is 11.2. The van der Waals surface area contributed by atoms with Crippen molar-refractivity contribution in [1.29, 1.82) is 0 Å². The van der Waals surface area contributed by atoms with Crippen LogP contribution < -0.4 is 5.32 Å². The van der Waals surface area contributed by atoms with Crippen molar-refractivity contribution in [3.05, 3.63) is 12.1 Å². The predicted molar refractivity (Wildman–Crippen MR) is 70.2 cm³/mol. The minimum Gasteiger partial charge on any atom is -0.481 e. The Labute approximate surface area is 115 Å². The molecule has 0 bridgehead atoms. The Kier molecular flexibility index (Phi) is 3.44. The molecule has 2 N–H and O–H groups in total. The van der Waals surface area contributed by atoms with Gasteiger partial charge in [-0.15, -0.1) is 14.8 Å². The standard InChI is InChI=1S/C12H16N6O2/c19-12(20)9-4-2-1-3-8(9)7-13-10-5-6-11-14-16-17-18(11)15-10/h5-6,8-9H,1-4,7H2,(H,13,15)(H,19,20). The molecule has 2 atom stereocenters. The molecule has 1 aliphatic rings. The molecule has 8 heteroatoms. The molecule has 0 amide bonds. The molecular weight excluding hydrogens is 260 g/mol. The fraction of sp³-hybridized carbons (Fsp3) is 0.583. The first-order chi connectivity index (χ1) is 9.74. The van der Waals surface area contributed by atoms with Crippen molar-refractivity contribution in [3.63, 3.8) is 0 Å². The van der Waals surface area contributed by atoms with E-state index in [1.165, 1.54) is 4.63 Å². The van der Waals surface area contributed by atoms with E-state index < -0.39 is 5.97 Å². The summed E-state index contributed by atoms with van der Waals surface area (Å²) in [6, 6.07) is 3.56. The molecule has 1 aliphatic carbocycles. The number of nitrogens with zero attached hydrogens (tertiary/aromatic N) is 5. The number of anilines is 1. The van der Waals surface area contributed by atoms with Crippen LogP contribution in [0.1, 0.15) is 25.7 Å². The number of nitrogens with one attached hydrogen (secondary N) is 1. The van der Waals surface area contributed by atoms with Gasteiger partial charge >= 0.3 is 5.97 Å².